The molecule has 2 N–H and O–H groups in total. The maximum Gasteiger partial charge on any atom is 0.321 e. The number of aryl methyl sites for hydroxylation is 1. The van der Waals surface area contributed by atoms with E-state index in [1.165, 1.54) is 4.88 Å². The molecule has 4 nitrogen and oxygen atoms in total. The molecule has 0 unspecified atom stereocenters. The molecule has 0 fully saturated rings. The number of alkyl halides is 1. The van der Waals surface area contributed by atoms with Gasteiger partial charge in [0.2, 0.25) is 5.91 Å². The monoisotopic (exact) mass is 246 g/mol. The molecule has 0 aromatic carbocycles. The Kier molecular flexibility index (Phi) is 4.58. The van der Waals surface area contributed by atoms with Crippen LogP contribution in [0.5, 0.6) is 0 Å². The van der Waals surface area contributed by atoms with Gasteiger partial charge in [0.15, 0.2) is 0 Å². The van der Waals surface area contributed by atoms with E-state index in [0.29, 0.717) is 6.54 Å². The summed E-state index contributed by atoms with van der Waals surface area (Å²) in [7, 11) is 0. The Morgan fingerprint density at radius 2 is 2.27 bits per heavy atom. The van der Waals surface area contributed by atoms with E-state index in [1.54, 1.807) is 11.3 Å². The average Bonchev–Trinajstić information content (AvgIpc) is 2.61. The minimum Gasteiger partial charge on any atom is -0.334 e. The zero-order valence-corrected chi connectivity index (χ0v) is 9.74. The van der Waals surface area contributed by atoms with Crippen LogP contribution in [0.4, 0.5) is 4.79 Å². The van der Waals surface area contributed by atoms with Crippen LogP contribution in [-0.4, -0.2) is 17.8 Å². The molecule has 0 aliphatic heterocycles. The van der Waals surface area contributed by atoms with Crippen LogP contribution in [0.3, 0.4) is 0 Å². The van der Waals surface area contributed by atoms with Crippen LogP contribution < -0.4 is 10.6 Å². The minimum atomic E-state index is -0.524. The second kappa shape index (κ2) is 5.72. The number of imide groups is 1. The summed E-state index contributed by atoms with van der Waals surface area (Å²) in [5.74, 6) is -0.721. The molecule has 3 amide bonds. The lowest BCUT2D eigenvalue weighted by Gasteiger charge is -2.03. The molecule has 15 heavy (non-hydrogen) atoms. The summed E-state index contributed by atoms with van der Waals surface area (Å²) in [6, 6.07) is 1.46. The van der Waals surface area contributed by atoms with Crippen molar-refractivity contribution in [3.8, 4) is 0 Å². The summed E-state index contributed by atoms with van der Waals surface area (Å²) in [4.78, 5) is 23.0. The summed E-state index contributed by atoms with van der Waals surface area (Å²) < 4.78 is 0. The number of urea groups is 1. The van der Waals surface area contributed by atoms with Crippen molar-refractivity contribution in [2.75, 3.05) is 5.88 Å². The topological polar surface area (TPSA) is 58.2 Å². The van der Waals surface area contributed by atoms with Crippen molar-refractivity contribution < 1.29 is 9.59 Å². The lowest BCUT2D eigenvalue weighted by atomic mass is 10.3. The van der Waals surface area contributed by atoms with Gasteiger partial charge in [-0.2, -0.15) is 0 Å². The van der Waals surface area contributed by atoms with Crippen molar-refractivity contribution in [2.45, 2.75) is 13.5 Å². The number of halogens is 1. The second-order valence-electron chi connectivity index (χ2n) is 2.93. The van der Waals surface area contributed by atoms with Crippen LogP contribution in [0.2, 0.25) is 0 Å². The number of hydrogen-bond donors (Lipinski definition) is 2. The van der Waals surface area contributed by atoms with E-state index in [9.17, 15) is 9.59 Å². The van der Waals surface area contributed by atoms with Crippen LogP contribution in [0.25, 0.3) is 0 Å². The molecule has 0 radical (unpaired) electrons. The number of carbonyl (C=O) groups is 2. The second-order valence-corrected chi connectivity index (χ2v) is 4.31. The smallest absolute Gasteiger partial charge is 0.321 e. The summed E-state index contributed by atoms with van der Waals surface area (Å²) in [5.41, 5.74) is 1.02. The lowest BCUT2D eigenvalue weighted by Crippen LogP contribution is -2.39. The predicted molar refractivity (Wildman–Crippen MR) is 60.2 cm³/mol. The number of nitrogens with one attached hydrogen (secondary N) is 2. The van der Waals surface area contributed by atoms with E-state index in [4.69, 9.17) is 11.6 Å². The molecule has 82 valence electrons. The predicted octanol–water partition coefficient (Wildman–Crippen LogP) is 1.62. The largest absolute Gasteiger partial charge is 0.334 e. The Hall–Kier alpha value is -1.07. The standard InChI is InChI=1S/C9H11ClN2O2S/c1-6-2-7(5-15-6)4-11-9(14)12-8(13)3-10/h2,5H,3-4H2,1H3,(H2,11,12,13,14). The van der Waals surface area contributed by atoms with Gasteiger partial charge in [-0.05, 0) is 23.9 Å². The van der Waals surface area contributed by atoms with Crippen molar-refractivity contribution in [3.05, 3.63) is 21.9 Å². The van der Waals surface area contributed by atoms with Gasteiger partial charge in [-0.1, -0.05) is 0 Å². The van der Waals surface area contributed by atoms with Gasteiger partial charge in [0.25, 0.3) is 0 Å². The minimum absolute atomic E-state index is 0.217. The zero-order chi connectivity index (χ0) is 11.3. The van der Waals surface area contributed by atoms with Gasteiger partial charge in [0.1, 0.15) is 5.88 Å². The van der Waals surface area contributed by atoms with Gasteiger partial charge in [0, 0.05) is 11.4 Å². The third-order valence-corrected chi connectivity index (χ3v) is 2.77. The highest BCUT2D eigenvalue weighted by Gasteiger charge is 2.05. The first kappa shape index (κ1) is 12.0. The van der Waals surface area contributed by atoms with Crippen LogP contribution in [-0.2, 0) is 11.3 Å². The van der Waals surface area contributed by atoms with Crippen LogP contribution in [0.1, 0.15) is 10.4 Å². The molecule has 0 aliphatic carbocycles. The number of rotatable bonds is 3. The quantitative estimate of drug-likeness (QED) is 0.797. The maximum atomic E-state index is 11.1. The van der Waals surface area contributed by atoms with E-state index in [1.807, 2.05) is 18.4 Å². The van der Waals surface area contributed by atoms with Crippen molar-refractivity contribution in [1.29, 1.82) is 0 Å². The fourth-order valence-corrected chi connectivity index (χ4v) is 1.75. The molecular formula is C9H11ClN2O2S. The fourth-order valence-electron chi connectivity index (χ4n) is 0.977. The van der Waals surface area contributed by atoms with Crippen LogP contribution in [0, 0.1) is 6.92 Å². The molecular weight excluding hydrogens is 236 g/mol. The molecule has 1 aromatic rings. The van der Waals surface area contributed by atoms with Gasteiger partial charge >= 0.3 is 6.03 Å². The van der Waals surface area contributed by atoms with Crippen molar-refractivity contribution >= 4 is 34.9 Å². The fraction of sp³-hybridized carbons (Fsp3) is 0.333. The van der Waals surface area contributed by atoms with E-state index < -0.39 is 11.9 Å². The van der Waals surface area contributed by atoms with E-state index in [0.717, 1.165) is 5.56 Å². The van der Waals surface area contributed by atoms with Gasteiger partial charge < -0.3 is 5.32 Å². The molecule has 0 atom stereocenters. The van der Waals surface area contributed by atoms with Gasteiger partial charge in [-0.3, -0.25) is 10.1 Å². The first-order valence-corrected chi connectivity index (χ1v) is 5.71. The molecule has 0 saturated heterocycles. The molecule has 0 saturated carbocycles. The molecule has 0 spiro atoms. The lowest BCUT2D eigenvalue weighted by molar-refractivity contribution is -0.117. The van der Waals surface area contributed by atoms with Crippen molar-refractivity contribution in [3.63, 3.8) is 0 Å². The molecule has 1 rings (SSSR count). The van der Waals surface area contributed by atoms with Gasteiger partial charge in [0.05, 0.1) is 0 Å². The molecule has 0 bridgehead atoms. The summed E-state index contributed by atoms with van der Waals surface area (Å²) in [5, 5.41) is 6.60. The summed E-state index contributed by atoms with van der Waals surface area (Å²) >= 11 is 6.84. The van der Waals surface area contributed by atoms with Crippen molar-refractivity contribution in [1.82, 2.24) is 10.6 Å². The number of hydrogen-bond acceptors (Lipinski definition) is 3. The highest BCUT2D eigenvalue weighted by atomic mass is 35.5. The summed E-state index contributed by atoms with van der Waals surface area (Å²) in [6.07, 6.45) is 0. The maximum absolute atomic E-state index is 11.1. The number of carbonyl (C=O) groups excluding carboxylic acids is 2. The molecule has 1 aromatic heterocycles. The molecule has 1 heterocycles. The normalized spacial score (nSPS) is 9.73. The number of amides is 3. The highest BCUT2D eigenvalue weighted by Crippen LogP contribution is 2.12. The summed E-state index contributed by atoms with van der Waals surface area (Å²) in [6.45, 7) is 2.40. The molecule has 0 aliphatic rings. The van der Waals surface area contributed by atoms with Gasteiger partial charge in [-0.25, -0.2) is 4.79 Å². The third kappa shape index (κ3) is 4.31. The Morgan fingerprint density at radius 1 is 1.53 bits per heavy atom. The van der Waals surface area contributed by atoms with Gasteiger partial charge in [-0.15, -0.1) is 22.9 Å². The Balaban J connectivity index is 2.31. The average molecular weight is 247 g/mol. The van der Waals surface area contributed by atoms with E-state index in [-0.39, 0.29) is 5.88 Å². The Bertz CT molecular complexity index is 365. The number of thiophene rings is 1. The van der Waals surface area contributed by atoms with Crippen molar-refractivity contribution in [2.24, 2.45) is 0 Å². The Labute approximate surface area is 96.6 Å². The first-order chi connectivity index (χ1) is 7.11. The third-order valence-electron chi connectivity index (χ3n) is 1.61. The van der Waals surface area contributed by atoms with E-state index >= 15 is 0 Å². The molecule has 6 heteroatoms. The first-order valence-electron chi connectivity index (χ1n) is 4.29. The van der Waals surface area contributed by atoms with Crippen LogP contribution >= 0.6 is 22.9 Å². The Morgan fingerprint density at radius 3 is 2.80 bits per heavy atom. The van der Waals surface area contributed by atoms with Crippen LogP contribution in [0.15, 0.2) is 11.4 Å². The zero-order valence-electron chi connectivity index (χ0n) is 8.17. The van der Waals surface area contributed by atoms with E-state index in [2.05, 4.69) is 10.6 Å². The SMILES string of the molecule is Cc1cc(CNC(=O)NC(=O)CCl)cs1. The highest BCUT2D eigenvalue weighted by molar-refractivity contribution is 7.10.